The topological polar surface area (TPSA) is 80.7 Å². The Hall–Kier alpha value is -3.54. The maximum absolute atomic E-state index is 12.5. The van der Waals surface area contributed by atoms with E-state index in [1.165, 1.54) is 6.07 Å². The summed E-state index contributed by atoms with van der Waals surface area (Å²) in [5.41, 5.74) is 1.68. The van der Waals surface area contributed by atoms with Crippen molar-refractivity contribution < 1.29 is 19.4 Å². The van der Waals surface area contributed by atoms with Gasteiger partial charge in [-0.1, -0.05) is 18.2 Å². The van der Waals surface area contributed by atoms with E-state index in [9.17, 15) is 9.90 Å². The molecule has 2 aromatic carbocycles. The highest BCUT2D eigenvalue weighted by atomic mass is 16.5. The molecule has 0 atom stereocenters. The Kier molecular flexibility index (Phi) is 5.89. The van der Waals surface area contributed by atoms with Crippen molar-refractivity contribution in [2.45, 2.75) is 13.5 Å². The predicted molar refractivity (Wildman–Crippen MR) is 102 cm³/mol. The third-order valence-electron chi connectivity index (χ3n) is 3.78. The van der Waals surface area contributed by atoms with Crippen molar-refractivity contribution in [1.82, 2.24) is 4.98 Å². The van der Waals surface area contributed by atoms with Gasteiger partial charge >= 0.3 is 0 Å². The minimum absolute atomic E-state index is 0.00676. The van der Waals surface area contributed by atoms with Gasteiger partial charge < -0.3 is 19.9 Å². The fraction of sp³-hybridized carbons (Fsp3) is 0.143. The number of aromatic nitrogens is 1. The van der Waals surface area contributed by atoms with Crippen molar-refractivity contribution in [2.24, 2.45) is 0 Å². The van der Waals surface area contributed by atoms with E-state index in [1.807, 2.05) is 19.1 Å². The third-order valence-corrected chi connectivity index (χ3v) is 3.78. The number of amides is 1. The van der Waals surface area contributed by atoms with E-state index in [2.05, 4.69) is 10.3 Å². The van der Waals surface area contributed by atoms with Crippen LogP contribution in [0.15, 0.2) is 67.0 Å². The van der Waals surface area contributed by atoms with Crippen LogP contribution in [0, 0.1) is 0 Å². The van der Waals surface area contributed by atoms with Gasteiger partial charge in [0.05, 0.1) is 12.3 Å². The van der Waals surface area contributed by atoms with Gasteiger partial charge in [0, 0.05) is 23.5 Å². The molecule has 138 valence electrons. The molecule has 27 heavy (non-hydrogen) atoms. The van der Waals surface area contributed by atoms with Gasteiger partial charge in [-0.25, -0.2) is 0 Å². The maximum atomic E-state index is 12.5. The highest BCUT2D eigenvalue weighted by molar-refractivity contribution is 6.05. The molecule has 0 fully saturated rings. The van der Waals surface area contributed by atoms with Gasteiger partial charge in [0.15, 0.2) is 11.5 Å². The Balaban J connectivity index is 1.76. The molecule has 0 aliphatic heterocycles. The van der Waals surface area contributed by atoms with E-state index in [4.69, 9.17) is 9.47 Å². The number of phenols is 1. The summed E-state index contributed by atoms with van der Waals surface area (Å²) in [6.45, 7) is 2.64. The van der Waals surface area contributed by atoms with Crippen molar-refractivity contribution in [2.75, 3.05) is 11.9 Å². The van der Waals surface area contributed by atoms with Crippen LogP contribution in [0.2, 0.25) is 0 Å². The van der Waals surface area contributed by atoms with E-state index in [-0.39, 0.29) is 11.7 Å². The second-order valence-corrected chi connectivity index (χ2v) is 5.72. The molecule has 0 unspecified atom stereocenters. The second-order valence-electron chi connectivity index (χ2n) is 5.72. The maximum Gasteiger partial charge on any atom is 0.255 e. The van der Waals surface area contributed by atoms with Crippen molar-refractivity contribution in [3.8, 4) is 17.2 Å². The normalized spacial score (nSPS) is 10.3. The predicted octanol–water partition coefficient (Wildman–Crippen LogP) is 4.02. The third kappa shape index (κ3) is 4.76. The summed E-state index contributed by atoms with van der Waals surface area (Å²) in [6, 6.07) is 15.3. The SMILES string of the molecule is CCOc1cc(C(=O)Nc2ccccc2O)ccc1OCc1cccnc1. The molecule has 0 bridgehead atoms. The first-order valence-electron chi connectivity index (χ1n) is 8.55. The Morgan fingerprint density at radius 2 is 1.93 bits per heavy atom. The van der Waals surface area contributed by atoms with Crippen LogP contribution in [0.5, 0.6) is 17.2 Å². The van der Waals surface area contributed by atoms with E-state index in [0.717, 1.165) is 5.56 Å². The number of rotatable bonds is 7. The number of pyridine rings is 1. The number of anilines is 1. The first-order valence-corrected chi connectivity index (χ1v) is 8.55. The van der Waals surface area contributed by atoms with Crippen LogP contribution in [0.3, 0.4) is 0 Å². The molecule has 2 N–H and O–H groups in total. The van der Waals surface area contributed by atoms with Crippen LogP contribution in [0.4, 0.5) is 5.69 Å². The Morgan fingerprint density at radius 3 is 2.67 bits per heavy atom. The zero-order valence-corrected chi connectivity index (χ0v) is 14.9. The lowest BCUT2D eigenvalue weighted by Gasteiger charge is -2.14. The summed E-state index contributed by atoms with van der Waals surface area (Å²) in [5.74, 6) is 0.676. The lowest BCUT2D eigenvalue weighted by atomic mass is 10.1. The molecular weight excluding hydrogens is 344 g/mol. The van der Waals surface area contributed by atoms with Crippen molar-refractivity contribution in [3.63, 3.8) is 0 Å². The van der Waals surface area contributed by atoms with E-state index in [1.54, 1.807) is 48.8 Å². The molecule has 0 aliphatic rings. The molecule has 0 radical (unpaired) electrons. The summed E-state index contributed by atoms with van der Waals surface area (Å²) in [6.07, 6.45) is 3.43. The second kappa shape index (κ2) is 8.71. The number of ether oxygens (including phenoxy) is 2. The zero-order chi connectivity index (χ0) is 19.1. The van der Waals surface area contributed by atoms with Crippen LogP contribution in [0.25, 0.3) is 0 Å². The summed E-state index contributed by atoms with van der Waals surface area (Å²) in [5, 5.41) is 12.5. The van der Waals surface area contributed by atoms with Crippen molar-refractivity contribution >= 4 is 11.6 Å². The molecule has 1 amide bonds. The van der Waals surface area contributed by atoms with Gasteiger partial charge in [-0.2, -0.15) is 0 Å². The Bertz CT molecular complexity index is 913. The van der Waals surface area contributed by atoms with Crippen LogP contribution in [-0.2, 0) is 6.61 Å². The summed E-state index contributed by atoms with van der Waals surface area (Å²) >= 11 is 0. The standard InChI is InChI=1S/C21H20N2O4/c1-2-26-20-12-16(21(25)23-17-7-3-4-8-18(17)24)9-10-19(20)27-14-15-6-5-11-22-13-15/h3-13,24H,2,14H2,1H3,(H,23,25). The molecule has 6 nitrogen and oxygen atoms in total. The summed E-state index contributed by atoms with van der Waals surface area (Å²) in [4.78, 5) is 16.5. The van der Waals surface area contributed by atoms with Crippen LogP contribution in [-0.4, -0.2) is 22.6 Å². The molecule has 0 saturated heterocycles. The minimum atomic E-state index is -0.351. The van der Waals surface area contributed by atoms with E-state index >= 15 is 0 Å². The largest absolute Gasteiger partial charge is 0.506 e. The molecule has 3 rings (SSSR count). The number of para-hydroxylation sites is 2. The quantitative estimate of drug-likeness (QED) is 0.619. The van der Waals surface area contributed by atoms with Crippen LogP contribution >= 0.6 is 0 Å². The number of nitrogens with one attached hydrogen (secondary N) is 1. The number of nitrogens with zero attached hydrogens (tertiary/aromatic N) is 1. The van der Waals surface area contributed by atoms with Gasteiger partial charge in [-0.05, 0) is 43.3 Å². The zero-order valence-electron chi connectivity index (χ0n) is 14.9. The first kappa shape index (κ1) is 18.3. The molecule has 6 heteroatoms. The first-order chi connectivity index (χ1) is 13.2. The average molecular weight is 364 g/mol. The van der Waals surface area contributed by atoms with E-state index in [0.29, 0.717) is 36.0 Å². The van der Waals surface area contributed by atoms with Gasteiger partial charge in [-0.15, -0.1) is 0 Å². The molecule has 0 saturated carbocycles. The van der Waals surface area contributed by atoms with Crippen molar-refractivity contribution in [3.05, 3.63) is 78.1 Å². The summed E-state index contributed by atoms with van der Waals surface area (Å²) in [7, 11) is 0. The number of carbonyl (C=O) groups excluding carboxylic acids is 1. The number of phenolic OH excluding ortho intramolecular Hbond substituents is 1. The Morgan fingerprint density at radius 1 is 1.07 bits per heavy atom. The lowest BCUT2D eigenvalue weighted by molar-refractivity contribution is 0.102. The highest BCUT2D eigenvalue weighted by Crippen LogP contribution is 2.30. The average Bonchev–Trinajstić information content (AvgIpc) is 2.69. The molecule has 1 aromatic heterocycles. The van der Waals surface area contributed by atoms with Gasteiger partial charge in [0.2, 0.25) is 0 Å². The number of carbonyl (C=O) groups is 1. The monoisotopic (exact) mass is 364 g/mol. The minimum Gasteiger partial charge on any atom is -0.506 e. The lowest BCUT2D eigenvalue weighted by Crippen LogP contribution is -2.12. The van der Waals surface area contributed by atoms with Gasteiger partial charge in [0.1, 0.15) is 12.4 Å². The fourth-order valence-electron chi connectivity index (χ4n) is 2.46. The highest BCUT2D eigenvalue weighted by Gasteiger charge is 2.13. The molecule has 3 aromatic rings. The van der Waals surface area contributed by atoms with Gasteiger partial charge in [0.25, 0.3) is 5.91 Å². The fourth-order valence-corrected chi connectivity index (χ4v) is 2.46. The van der Waals surface area contributed by atoms with Crippen LogP contribution < -0.4 is 14.8 Å². The number of hydrogen-bond donors (Lipinski definition) is 2. The van der Waals surface area contributed by atoms with Crippen molar-refractivity contribution in [1.29, 1.82) is 0 Å². The van der Waals surface area contributed by atoms with Crippen LogP contribution in [0.1, 0.15) is 22.8 Å². The summed E-state index contributed by atoms with van der Waals surface area (Å²) < 4.78 is 11.4. The molecule has 0 spiro atoms. The number of aromatic hydroxyl groups is 1. The Labute approximate surface area is 157 Å². The number of hydrogen-bond acceptors (Lipinski definition) is 5. The molecule has 1 heterocycles. The van der Waals surface area contributed by atoms with Gasteiger partial charge in [-0.3, -0.25) is 9.78 Å². The number of benzene rings is 2. The molecule has 0 aliphatic carbocycles. The van der Waals surface area contributed by atoms with E-state index < -0.39 is 0 Å². The molecular formula is C21H20N2O4. The smallest absolute Gasteiger partial charge is 0.255 e.